The number of benzene rings is 2. The van der Waals surface area contributed by atoms with Gasteiger partial charge >= 0.3 is 0 Å². The summed E-state index contributed by atoms with van der Waals surface area (Å²) in [5, 5.41) is 0.692. The van der Waals surface area contributed by atoms with E-state index in [4.69, 9.17) is 28.6 Å². The van der Waals surface area contributed by atoms with Gasteiger partial charge in [-0.25, -0.2) is 0 Å². The normalized spacial score (nSPS) is 10.9. The standard InChI is InChI=1S/C15H13ClN2OS/c1-19-11-5-2-4-10(8-11)9-18-14-12(16)6-3-7-13(14)17-15(18)20/h2-8H,9H2,1H3,(H,17,20). The number of ether oxygens (including phenoxy) is 1. The zero-order valence-electron chi connectivity index (χ0n) is 10.9. The van der Waals surface area contributed by atoms with Crippen molar-refractivity contribution in [1.82, 2.24) is 9.55 Å². The van der Waals surface area contributed by atoms with Gasteiger partial charge in [0.15, 0.2) is 4.77 Å². The Balaban J connectivity index is 2.10. The first kappa shape index (κ1) is 13.2. The molecule has 0 atom stereocenters. The fourth-order valence-corrected chi connectivity index (χ4v) is 2.82. The minimum absolute atomic E-state index is 0.653. The molecule has 3 nitrogen and oxygen atoms in total. The summed E-state index contributed by atoms with van der Waals surface area (Å²) in [6.45, 7) is 0.653. The topological polar surface area (TPSA) is 29.9 Å². The number of rotatable bonds is 3. The van der Waals surface area contributed by atoms with Crippen molar-refractivity contribution in [2.24, 2.45) is 0 Å². The highest BCUT2D eigenvalue weighted by molar-refractivity contribution is 7.71. The van der Waals surface area contributed by atoms with Crippen LogP contribution in [0.25, 0.3) is 11.0 Å². The molecule has 0 saturated heterocycles. The molecule has 3 rings (SSSR count). The van der Waals surface area contributed by atoms with E-state index < -0.39 is 0 Å². The molecule has 0 bridgehead atoms. The van der Waals surface area contributed by atoms with Crippen LogP contribution in [-0.4, -0.2) is 16.7 Å². The van der Waals surface area contributed by atoms with E-state index in [1.165, 1.54) is 0 Å². The van der Waals surface area contributed by atoms with Gasteiger partial charge in [0.05, 0.1) is 29.7 Å². The Labute approximate surface area is 126 Å². The summed E-state index contributed by atoms with van der Waals surface area (Å²) < 4.78 is 7.91. The number of halogens is 1. The predicted molar refractivity (Wildman–Crippen MR) is 84.2 cm³/mol. The predicted octanol–water partition coefficient (Wildman–Crippen LogP) is 4.41. The van der Waals surface area contributed by atoms with Crippen LogP contribution in [0.3, 0.4) is 0 Å². The Morgan fingerprint density at radius 1 is 1.25 bits per heavy atom. The highest BCUT2D eigenvalue weighted by Crippen LogP contribution is 2.24. The molecule has 0 aliphatic rings. The molecule has 1 N–H and O–H groups in total. The van der Waals surface area contributed by atoms with Gasteiger partial charge in [0.25, 0.3) is 0 Å². The fraction of sp³-hybridized carbons (Fsp3) is 0.133. The second kappa shape index (κ2) is 5.31. The van der Waals surface area contributed by atoms with Gasteiger partial charge < -0.3 is 14.3 Å². The van der Waals surface area contributed by atoms with Gasteiger partial charge in [-0.2, -0.15) is 0 Å². The number of aromatic nitrogens is 2. The first-order chi connectivity index (χ1) is 9.69. The number of fused-ring (bicyclic) bond motifs is 1. The average molecular weight is 305 g/mol. The van der Waals surface area contributed by atoms with Crippen molar-refractivity contribution in [3.63, 3.8) is 0 Å². The number of nitrogens with one attached hydrogen (secondary N) is 1. The Kier molecular flexibility index (Phi) is 3.51. The summed E-state index contributed by atoms with van der Waals surface area (Å²) >= 11 is 11.7. The van der Waals surface area contributed by atoms with Crippen LogP contribution in [0.2, 0.25) is 5.02 Å². The number of para-hydroxylation sites is 1. The molecule has 0 amide bonds. The smallest absolute Gasteiger partial charge is 0.178 e. The van der Waals surface area contributed by atoms with Crippen LogP contribution in [0.15, 0.2) is 42.5 Å². The van der Waals surface area contributed by atoms with Gasteiger partial charge in [0.2, 0.25) is 0 Å². The van der Waals surface area contributed by atoms with E-state index in [1.54, 1.807) is 7.11 Å². The molecule has 1 heterocycles. The molecule has 0 radical (unpaired) electrons. The molecule has 20 heavy (non-hydrogen) atoms. The van der Waals surface area contributed by atoms with Crippen LogP contribution in [0.5, 0.6) is 5.75 Å². The van der Waals surface area contributed by atoms with Crippen LogP contribution >= 0.6 is 23.8 Å². The van der Waals surface area contributed by atoms with Crippen LogP contribution in [0.4, 0.5) is 0 Å². The van der Waals surface area contributed by atoms with Crippen molar-refractivity contribution < 1.29 is 4.74 Å². The first-order valence-electron chi connectivity index (χ1n) is 6.19. The van der Waals surface area contributed by atoms with Crippen molar-refractivity contribution >= 4 is 34.9 Å². The maximum absolute atomic E-state index is 6.29. The van der Waals surface area contributed by atoms with Gasteiger partial charge in [-0.05, 0) is 42.0 Å². The molecule has 5 heteroatoms. The molecule has 0 aliphatic heterocycles. The van der Waals surface area contributed by atoms with Crippen molar-refractivity contribution in [2.75, 3.05) is 7.11 Å². The monoisotopic (exact) mass is 304 g/mol. The number of nitrogens with zero attached hydrogens (tertiary/aromatic N) is 1. The van der Waals surface area contributed by atoms with E-state index in [0.29, 0.717) is 16.3 Å². The lowest BCUT2D eigenvalue weighted by atomic mass is 10.2. The maximum Gasteiger partial charge on any atom is 0.178 e. The summed E-state index contributed by atoms with van der Waals surface area (Å²) in [5.41, 5.74) is 2.99. The van der Waals surface area contributed by atoms with Gasteiger partial charge in [-0.15, -0.1) is 0 Å². The average Bonchev–Trinajstić information content (AvgIpc) is 2.77. The van der Waals surface area contributed by atoms with Crippen molar-refractivity contribution in [3.8, 4) is 5.75 Å². The molecular weight excluding hydrogens is 292 g/mol. The summed E-state index contributed by atoms with van der Waals surface area (Å²) in [5.74, 6) is 0.833. The lowest BCUT2D eigenvalue weighted by Crippen LogP contribution is -2.00. The molecule has 2 aromatic carbocycles. The quantitative estimate of drug-likeness (QED) is 0.726. The third-order valence-corrected chi connectivity index (χ3v) is 3.85. The van der Waals surface area contributed by atoms with Crippen LogP contribution in [0, 0.1) is 4.77 Å². The summed E-state index contributed by atoms with van der Waals surface area (Å²) in [6, 6.07) is 13.7. The van der Waals surface area contributed by atoms with E-state index in [1.807, 2.05) is 47.0 Å². The Morgan fingerprint density at radius 3 is 2.85 bits per heavy atom. The lowest BCUT2D eigenvalue weighted by Gasteiger charge is -2.07. The minimum Gasteiger partial charge on any atom is -0.497 e. The second-order valence-electron chi connectivity index (χ2n) is 4.50. The van der Waals surface area contributed by atoms with Gasteiger partial charge in [0.1, 0.15) is 5.75 Å². The van der Waals surface area contributed by atoms with E-state index in [0.717, 1.165) is 22.3 Å². The van der Waals surface area contributed by atoms with Crippen molar-refractivity contribution in [3.05, 3.63) is 57.8 Å². The third-order valence-electron chi connectivity index (χ3n) is 3.22. The molecule has 102 valence electrons. The molecular formula is C15H13ClN2OS. The number of imidazole rings is 1. The summed E-state index contributed by atoms with van der Waals surface area (Å²) in [4.78, 5) is 3.18. The highest BCUT2D eigenvalue weighted by atomic mass is 35.5. The van der Waals surface area contributed by atoms with Crippen molar-refractivity contribution in [1.29, 1.82) is 0 Å². The first-order valence-corrected chi connectivity index (χ1v) is 6.97. The zero-order chi connectivity index (χ0) is 14.1. The van der Waals surface area contributed by atoms with E-state index in [9.17, 15) is 0 Å². The number of H-pyrrole nitrogens is 1. The SMILES string of the molecule is COc1cccc(Cn2c(=S)[nH]c3cccc(Cl)c32)c1. The maximum atomic E-state index is 6.29. The van der Waals surface area contributed by atoms with Crippen molar-refractivity contribution in [2.45, 2.75) is 6.54 Å². The minimum atomic E-state index is 0.653. The zero-order valence-corrected chi connectivity index (χ0v) is 12.5. The number of hydrogen-bond acceptors (Lipinski definition) is 2. The van der Waals surface area contributed by atoms with E-state index in [2.05, 4.69) is 4.98 Å². The fourth-order valence-electron chi connectivity index (χ4n) is 2.28. The Bertz CT molecular complexity index is 822. The molecule has 0 spiro atoms. The third kappa shape index (κ3) is 2.32. The van der Waals surface area contributed by atoms with E-state index >= 15 is 0 Å². The summed E-state index contributed by atoms with van der Waals surface area (Å²) in [7, 11) is 1.66. The lowest BCUT2D eigenvalue weighted by molar-refractivity contribution is 0.414. The van der Waals surface area contributed by atoms with Gasteiger partial charge in [0, 0.05) is 0 Å². The Morgan fingerprint density at radius 2 is 2.05 bits per heavy atom. The number of methoxy groups -OCH3 is 1. The summed E-state index contributed by atoms with van der Waals surface area (Å²) in [6.07, 6.45) is 0. The number of aromatic amines is 1. The van der Waals surface area contributed by atoms with Crippen LogP contribution in [-0.2, 0) is 6.54 Å². The van der Waals surface area contributed by atoms with E-state index in [-0.39, 0.29) is 0 Å². The largest absolute Gasteiger partial charge is 0.497 e. The van der Waals surface area contributed by atoms with Gasteiger partial charge in [-0.3, -0.25) is 0 Å². The molecule has 0 saturated carbocycles. The van der Waals surface area contributed by atoms with Crippen LogP contribution in [0.1, 0.15) is 5.56 Å². The van der Waals surface area contributed by atoms with Crippen LogP contribution < -0.4 is 4.74 Å². The second-order valence-corrected chi connectivity index (χ2v) is 5.30. The molecule has 3 aromatic rings. The number of hydrogen-bond donors (Lipinski definition) is 1. The molecule has 0 unspecified atom stereocenters. The molecule has 0 aliphatic carbocycles. The molecule has 0 fully saturated rings. The Hall–Kier alpha value is -1.78. The molecule has 1 aromatic heterocycles. The highest BCUT2D eigenvalue weighted by Gasteiger charge is 2.08. The van der Waals surface area contributed by atoms with Gasteiger partial charge in [-0.1, -0.05) is 29.8 Å².